The predicted octanol–water partition coefficient (Wildman–Crippen LogP) is 4.07. The molecule has 1 aromatic heterocycles. The Labute approximate surface area is 143 Å². The monoisotopic (exact) mass is 330 g/mol. The number of hydrogen-bond donors (Lipinski definition) is 1. The lowest BCUT2D eigenvalue weighted by Gasteiger charge is -2.23. The molecule has 0 radical (unpaired) electrons. The number of likely N-dealkylation sites (tertiary alicyclic amines) is 1. The zero-order chi connectivity index (χ0) is 16.9. The molecule has 1 N–H and O–H groups in total. The molecule has 0 bridgehead atoms. The second-order valence-corrected chi connectivity index (χ2v) is 6.29. The summed E-state index contributed by atoms with van der Waals surface area (Å²) in [7, 11) is 0. The van der Waals surface area contributed by atoms with E-state index in [0.717, 1.165) is 49.2 Å². The van der Waals surface area contributed by atoms with Gasteiger partial charge in [0.25, 0.3) is 0 Å². The molecule has 0 saturated carbocycles. The van der Waals surface area contributed by atoms with Crippen molar-refractivity contribution in [3.8, 4) is 11.5 Å². The highest BCUT2D eigenvalue weighted by Gasteiger charge is 2.29. The van der Waals surface area contributed by atoms with E-state index in [9.17, 15) is 5.11 Å². The molecule has 1 aliphatic rings. The molecule has 2 heterocycles. The number of benzene rings is 1. The Bertz CT molecular complexity index is 668. The number of hydrogen-bond acceptors (Lipinski definition) is 5. The molecule has 24 heavy (non-hydrogen) atoms. The van der Waals surface area contributed by atoms with E-state index in [1.54, 1.807) is 6.07 Å². The maximum absolute atomic E-state index is 10.4. The van der Waals surface area contributed by atoms with Crippen molar-refractivity contribution in [2.24, 2.45) is 0 Å². The van der Waals surface area contributed by atoms with Gasteiger partial charge in [-0.15, -0.1) is 0 Å². The van der Waals surface area contributed by atoms with Gasteiger partial charge in [-0.25, -0.2) is 0 Å². The zero-order valence-corrected chi connectivity index (χ0v) is 14.5. The smallest absolute Gasteiger partial charge is 0.162 e. The first-order valence-electron chi connectivity index (χ1n) is 8.86. The van der Waals surface area contributed by atoms with Gasteiger partial charge in [0, 0.05) is 24.6 Å². The number of phenolic OH excluding ortho intramolecular Hbond substituents is 1. The Hall–Kier alpha value is -2.01. The van der Waals surface area contributed by atoms with Crippen LogP contribution in [0.3, 0.4) is 0 Å². The lowest BCUT2D eigenvalue weighted by Crippen LogP contribution is -2.23. The molecule has 0 spiro atoms. The van der Waals surface area contributed by atoms with Gasteiger partial charge >= 0.3 is 0 Å². The summed E-state index contributed by atoms with van der Waals surface area (Å²) in [6.45, 7) is 6.29. The topological polar surface area (TPSA) is 58.7 Å². The summed E-state index contributed by atoms with van der Waals surface area (Å²) in [5.41, 5.74) is 1.90. The number of aromatic nitrogens is 1. The number of ether oxygens (including phenoxy) is 1. The second kappa shape index (κ2) is 7.71. The third-order valence-corrected chi connectivity index (χ3v) is 4.53. The van der Waals surface area contributed by atoms with Crippen molar-refractivity contribution in [3.05, 3.63) is 41.3 Å². The maximum atomic E-state index is 10.4. The van der Waals surface area contributed by atoms with E-state index in [4.69, 9.17) is 9.26 Å². The highest BCUT2D eigenvalue weighted by atomic mass is 16.5. The molecular weight excluding hydrogens is 304 g/mol. The molecule has 0 amide bonds. The molecule has 3 rings (SSSR count). The Morgan fingerprint density at radius 2 is 2.25 bits per heavy atom. The number of para-hydroxylation sites is 1. The molecule has 1 fully saturated rings. The first-order chi connectivity index (χ1) is 11.7. The van der Waals surface area contributed by atoms with E-state index in [0.29, 0.717) is 18.9 Å². The van der Waals surface area contributed by atoms with Crippen LogP contribution in [-0.4, -0.2) is 28.3 Å². The van der Waals surface area contributed by atoms with E-state index < -0.39 is 0 Å². The average Bonchev–Trinajstić information content (AvgIpc) is 3.21. The van der Waals surface area contributed by atoms with Crippen LogP contribution in [0.4, 0.5) is 0 Å². The third kappa shape index (κ3) is 3.56. The van der Waals surface area contributed by atoms with Gasteiger partial charge in [-0.2, -0.15) is 0 Å². The van der Waals surface area contributed by atoms with E-state index in [1.165, 1.54) is 0 Å². The zero-order valence-electron chi connectivity index (χ0n) is 14.5. The highest BCUT2D eigenvalue weighted by molar-refractivity contribution is 5.45. The first kappa shape index (κ1) is 16.8. The number of nitrogens with zero attached hydrogens (tertiary/aromatic N) is 2. The van der Waals surface area contributed by atoms with Crippen LogP contribution in [-0.2, 0) is 13.0 Å². The van der Waals surface area contributed by atoms with Crippen molar-refractivity contribution in [2.75, 3.05) is 13.2 Å². The van der Waals surface area contributed by atoms with Gasteiger partial charge < -0.3 is 14.4 Å². The Kier molecular flexibility index (Phi) is 5.41. The van der Waals surface area contributed by atoms with Gasteiger partial charge in [-0.3, -0.25) is 4.90 Å². The standard InChI is InChI=1S/C19H26N2O3/c1-3-7-15-12-16(20-24-15)17-9-6-11-21(17)13-14-8-5-10-18(19(14)22)23-4-2/h5,8,10,12,17,22H,3-4,6-7,9,11,13H2,1-2H3/t17-/m0/s1. The average molecular weight is 330 g/mol. The van der Waals surface area contributed by atoms with Crippen LogP contribution in [0.5, 0.6) is 11.5 Å². The Balaban J connectivity index is 1.75. The molecule has 0 aliphatic carbocycles. The minimum atomic E-state index is 0.247. The molecule has 5 nitrogen and oxygen atoms in total. The molecular formula is C19H26N2O3. The summed E-state index contributed by atoms with van der Waals surface area (Å²) >= 11 is 0. The van der Waals surface area contributed by atoms with Crippen LogP contribution in [0, 0.1) is 0 Å². The van der Waals surface area contributed by atoms with Crippen molar-refractivity contribution >= 4 is 0 Å². The highest BCUT2D eigenvalue weighted by Crippen LogP contribution is 2.36. The summed E-state index contributed by atoms with van der Waals surface area (Å²) in [5, 5.41) is 14.7. The summed E-state index contributed by atoms with van der Waals surface area (Å²) in [4.78, 5) is 2.36. The summed E-state index contributed by atoms with van der Waals surface area (Å²) < 4.78 is 10.9. The largest absolute Gasteiger partial charge is 0.504 e. The summed E-state index contributed by atoms with van der Waals surface area (Å²) in [5.74, 6) is 1.76. The van der Waals surface area contributed by atoms with E-state index in [1.807, 2.05) is 19.1 Å². The fourth-order valence-corrected chi connectivity index (χ4v) is 3.39. The van der Waals surface area contributed by atoms with Crippen molar-refractivity contribution in [1.29, 1.82) is 0 Å². The van der Waals surface area contributed by atoms with Gasteiger partial charge in [-0.05, 0) is 38.8 Å². The van der Waals surface area contributed by atoms with Crippen LogP contribution < -0.4 is 4.74 Å². The molecule has 130 valence electrons. The van der Waals surface area contributed by atoms with Crippen LogP contribution in [0.25, 0.3) is 0 Å². The third-order valence-electron chi connectivity index (χ3n) is 4.53. The minimum absolute atomic E-state index is 0.247. The number of phenols is 1. The molecule has 1 aromatic carbocycles. The van der Waals surface area contributed by atoms with E-state index in [2.05, 4.69) is 23.0 Å². The lowest BCUT2D eigenvalue weighted by atomic mass is 10.1. The SMILES string of the molecule is CCCc1cc([C@@H]2CCCN2Cc2cccc(OCC)c2O)no1. The number of rotatable bonds is 7. The number of aryl methyl sites for hydroxylation is 1. The molecule has 5 heteroatoms. The van der Waals surface area contributed by atoms with Gasteiger partial charge in [0.1, 0.15) is 11.5 Å². The van der Waals surface area contributed by atoms with Crippen molar-refractivity contribution in [1.82, 2.24) is 10.1 Å². The van der Waals surface area contributed by atoms with E-state index in [-0.39, 0.29) is 11.8 Å². The Morgan fingerprint density at radius 3 is 3.04 bits per heavy atom. The second-order valence-electron chi connectivity index (χ2n) is 6.29. The summed E-state index contributed by atoms with van der Waals surface area (Å²) in [6, 6.07) is 8.04. The van der Waals surface area contributed by atoms with Crippen molar-refractivity contribution in [3.63, 3.8) is 0 Å². The van der Waals surface area contributed by atoms with Gasteiger partial charge in [0.05, 0.1) is 12.6 Å². The molecule has 1 saturated heterocycles. The first-order valence-corrected chi connectivity index (χ1v) is 8.86. The molecule has 2 aromatic rings. The quantitative estimate of drug-likeness (QED) is 0.829. The van der Waals surface area contributed by atoms with Crippen LogP contribution in [0.15, 0.2) is 28.8 Å². The lowest BCUT2D eigenvalue weighted by molar-refractivity contribution is 0.232. The van der Waals surface area contributed by atoms with Gasteiger partial charge in [-0.1, -0.05) is 24.2 Å². The molecule has 0 unspecified atom stereocenters. The summed E-state index contributed by atoms with van der Waals surface area (Å²) in [6.07, 6.45) is 4.19. The van der Waals surface area contributed by atoms with Crippen LogP contribution >= 0.6 is 0 Å². The Morgan fingerprint density at radius 1 is 1.38 bits per heavy atom. The minimum Gasteiger partial charge on any atom is -0.504 e. The van der Waals surface area contributed by atoms with Crippen LogP contribution in [0.2, 0.25) is 0 Å². The molecule has 1 aliphatic heterocycles. The fraction of sp³-hybridized carbons (Fsp3) is 0.526. The van der Waals surface area contributed by atoms with Crippen molar-refractivity contribution in [2.45, 2.75) is 52.1 Å². The van der Waals surface area contributed by atoms with E-state index >= 15 is 0 Å². The van der Waals surface area contributed by atoms with Gasteiger partial charge in [0.15, 0.2) is 11.5 Å². The normalized spacial score (nSPS) is 18.2. The predicted molar refractivity (Wildman–Crippen MR) is 92.2 cm³/mol. The van der Waals surface area contributed by atoms with Gasteiger partial charge in [0.2, 0.25) is 0 Å². The number of aromatic hydroxyl groups is 1. The fourth-order valence-electron chi connectivity index (χ4n) is 3.39. The maximum Gasteiger partial charge on any atom is 0.162 e. The molecule has 1 atom stereocenters. The van der Waals surface area contributed by atoms with Crippen LogP contribution in [0.1, 0.15) is 56.2 Å². The van der Waals surface area contributed by atoms with Crippen molar-refractivity contribution < 1.29 is 14.4 Å².